The first-order valence-electron chi connectivity index (χ1n) is 5.47. The lowest BCUT2D eigenvalue weighted by molar-refractivity contribution is -0.187. The van der Waals surface area contributed by atoms with Gasteiger partial charge in [0.05, 0.1) is 0 Å². The molecule has 1 saturated heterocycles. The van der Waals surface area contributed by atoms with Gasteiger partial charge in [0.15, 0.2) is 5.54 Å². The number of likely N-dealkylation sites (tertiary alicyclic amines) is 1. The maximum absolute atomic E-state index is 12.5. The maximum Gasteiger partial charge on any atom is 0.415 e. The van der Waals surface area contributed by atoms with E-state index >= 15 is 0 Å². The van der Waals surface area contributed by atoms with Crippen LogP contribution in [0.1, 0.15) is 13.3 Å². The zero-order chi connectivity index (χ0) is 13.3. The Morgan fingerprint density at radius 1 is 1.53 bits per heavy atom. The number of hydrogen-bond donors (Lipinski definition) is 2. The highest BCUT2D eigenvalue weighted by Gasteiger charge is 2.53. The first-order valence-corrected chi connectivity index (χ1v) is 5.47. The molecule has 0 spiro atoms. The fourth-order valence-corrected chi connectivity index (χ4v) is 1.74. The largest absolute Gasteiger partial charge is 0.415 e. The van der Waals surface area contributed by atoms with E-state index in [0.717, 1.165) is 19.5 Å². The number of alkyl halides is 3. The van der Waals surface area contributed by atoms with Crippen LogP contribution in [0.15, 0.2) is 0 Å². The van der Waals surface area contributed by atoms with E-state index in [1.165, 1.54) is 0 Å². The number of nitrogens with zero attached hydrogens (tertiary/aromatic N) is 1. The Kier molecular flexibility index (Phi) is 4.03. The Balaban J connectivity index is 2.45. The molecule has 0 saturated carbocycles. The second-order valence-corrected chi connectivity index (χ2v) is 4.83. The summed E-state index contributed by atoms with van der Waals surface area (Å²) in [6, 6.07) is 0. The van der Waals surface area contributed by atoms with Crippen molar-refractivity contribution < 1.29 is 18.0 Å². The molecular weight excluding hydrogens is 235 g/mol. The Morgan fingerprint density at radius 2 is 2.12 bits per heavy atom. The molecular formula is C10H18F3N3O. The molecule has 1 fully saturated rings. The van der Waals surface area contributed by atoms with Gasteiger partial charge in [-0.05, 0) is 32.9 Å². The number of nitrogens with one attached hydrogen (secondary N) is 1. The van der Waals surface area contributed by atoms with Gasteiger partial charge in [-0.1, -0.05) is 0 Å². The molecule has 1 rings (SSSR count). The predicted octanol–water partition coefficient (Wildman–Crippen LogP) is 0.334. The first-order chi connectivity index (χ1) is 7.64. The molecule has 1 amide bonds. The van der Waals surface area contributed by atoms with Gasteiger partial charge in [0.2, 0.25) is 5.91 Å². The van der Waals surface area contributed by atoms with Crippen molar-refractivity contribution in [3.8, 4) is 0 Å². The van der Waals surface area contributed by atoms with E-state index < -0.39 is 17.6 Å². The van der Waals surface area contributed by atoms with E-state index in [-0.39, 0.29) is 12.5 Å². The summed E-state index contributed by atoms with van der Waals surface area (Å²) in [7, 11) is 1.94. The Bertz CT molecular complexity index is 291. The summed E-state index contributed by atoms with van der Waals surface area (Å²) < 4.78 is 37.4. The standard InChI is InChI=1S/C10H18F3N3O/c1-9(14,10(11,12)13)8(17)15-5-7-3-4-16(2)6-7/h7H,3-6,14H2,1-2H3,(H,15,17). The lowest BCUT2D eigenvalue weighted by atomic mass is 10.0. The van der Waals surface area contributed by atoms with E-state index in [2.05, 4.69) is 10.2 Å². The normalized spacial score (nSPS) is 25.6. The zero-order valence-corrected chi connectivity index (χ0v) is 9.97. The van der Waals surface area contributed by atoms with Gasteiger partial charge in [-0.2, -0.15) is 13.2 Å². The number of carbonyl (C=O) groups is 1. The Hall–Kier alpha value is -0.820. The molecule has 0 aliphatic carbocycles. The van der Waals surface area contributed by atoms with Gasteiger partial charge in [-0.3, -0.25) is 4.79 Å². The average molecular weight is 253 g/mol. The van der Waals surface area contributed by atoms with Crippen LogP contribution in [0, 0.1) is 5.92 Å². The number of hydrogen-bond acceptors (Lipinski definition) is 3. The van der Waals surface area contributed by atoms with Crippen LogP contribution in [0.25, 0.3) is 0 Å². The number of carbonyl (C=O) groups excluding carboxylic acids is 1. The minimum absolute atomic E-state index is 0.202. The molecule has 1 heterocycles. The fourth-order valence-electron chi connectivity index (χ4n) is 1.74. The second kappa shape index (κ2) is 4.81. The topological polar surface area (TPSA) is 58.4 Å². The van der Waals surface area contributed by atoms with Gasteiger partial charge in [0.1, 0.15) is 0 Å². The van der Waals surface area contributed by atoms with Gasteiger partial charge < -0.3 is 16.0 Å². The van der Waals surface area contributed by atoms with Crippen LogP contribution in [-0.4, -0.2) is 49.2 Å². The number of halogens is 3. The van der Waals surface area contributed by atoms with Crippen molar-refractivity contribution in [1.29, 1.82) is 0 Å². The van der Waals surface area contributed by atoms with E-state index in [4.69, 9.17) is 5.73 Å². The molecule has 7 heteroatoms. The molecule has 0 aromatic heterocycles. The van der Waals surface area contributed by atoms with Gasteiger partial charge in [0, 0.05) is 13.1 Å². The smallest absolute Gasteiger partial charge is 0.354 e. The minimum atomic E-state index is -4.73. The van der Waals surface area contributed by atoms with Crippen LogP contribution in [0.2, 0.25) is 0 Å². The van der Waals surface area contributed by atoms with Crippen molar-refractivity contribution in [2.45, 2.75) is 25.1 Å². The molecule has 100 valence electrons. The van der Waals surface area contributed by atoms with E-state index in [1.54, 1.807) is 0 Å². The molecule has 0 aromatic rings. The van der Waals surface area contributed by atoms with Crippen molar-refractivity contribution in [3.63, 3.8) is 0 Å². The molecule has 1 aliphatic heterocycles. The third-order valence-electron chi connectivity index (χ3n) is 3.10. The highest BCUT2D eigenvalue weighted by molar-refractivity contribution is 5.86. The third-order valence-corrected chi connectivity index (χ3v) is 3.10. The second-order valence-electron chi connectivity index (χ2n) is 4.83. The number of rotatable bonds is 3. The van der Waals surface area contributed by atoms with Crippen molar-refractivity contribution in [3.05, 3.63) is 0 Å². The predicted molar refractivity (Wildman–Crippen MR) is 57.3 cm³/mol. The summed E-state index contributed by atoms with van der Waals surface area (Å²) in [6.07, 6.45) is -3.85. The van der Waals surface area contributed by atoms with Crippen LogP contribution in [0.3, 0.4) is 0 Å². The SMILES string of the molecule is CN1CCC(CNC(=O)C(C)(N)C(F)(F)F)C1. The van der Waals surface area contributed by atoms with E-state index in [1.807, 2.05) is 7.05 Å². The number of amides is 1. The average Bonchev–Trinajstić information content (AvgIpc) is 2.58. The summed E-state index contributed by atoms with van der Waals surface area (Å²) in [4.78, 5) is 13.5. The zero-order valence-electron chi connectivity index (χ0n) is 9.97. The van der Waals surface area contributed by atoms with Crippen molar-refractivity contribution >= 4 is 5.91 Å². The highest BCUT2D eigenvalue weighted by atomic mass is 19.4. The van der Waals surface area contributed by atoms with Gasteiger partial charge in [-0.15, -0.1) is 0 Å². The van der Waals surface area contributed by atoms with Crippen LogP contribution in [0.4, 0.5) is 13.2 Å². The van der Waals surface area contributed by atoms with E-state index in [0.29, 0.717) is 6.92 Å². The van der Waals surface area contributed by atoms with Crippen molar-refractivity contribution in [1.82, 2.24) is 10.2 Å². The number of nitrogens with two attached hydrogens (primary N) is 1. The van der Waals surface area contributed by atoms with E-state index in [9.17, 15) is 18.0 Å². The molecule has 4 nitrogen and oxygen atoms in total. The minimum Gasteiger partial charge on any atom is -0.354 e. The summed E-state index contributed by atoms with van der Waals surface area (Å²) in [5.41, 5.74) is 2.18. The summed E-state index contributed by atoms with van der Waals surface area (Å²) >= 11 is 0. The summed E-state index contributed by atoms with van der Waals surface area (Å²) in [5.74, 6) is -0.965. The van der Waals surface area contributed by atoms with Crippen LogP contribution >= 0.6 is 0 Å². The summed E-state index contributed by atoms with van der Waals surface area (Å²) in [6.45, 7) is 2.61. The monoisotopic (exact) mass is 253 g/mol. The van der Waals surface area contributed by atoms with Gasteiger partial charge in [0.25, 0.3) is 0 Å². The van der Waals surface area contributed by atoms with Gasteiger partial charge in [-0.25, -0.2) is 0 Å². The van der Waals surface area contributed by atoms with Crippen LogP contribution < -0.4 is 11.1 Å². The van der Waals surface area contributed by atoms with Crippen LogP contribution in [-0.2, 0) is 4.79 Å². The molecule has 2 atom stereocenters. The highest BCUT2D eigenvalue weighted by Crippen LogP contribution is 2.28. The molecule has 0 bridgehead atoms. The third kappa shape index (κ3) is 3.32. The lowest BCUT2D eigenvalue weighted by Crippen LogP contribution is -2.61. The summed E-state index contributed by atoms with van der Waals surface area (Å²) in [5, 5.41) is 2.28. The quantitative estimate of drug-likeness (QED) is 0.762. The molecule has 2 unspecified atom stereocenters. The maximum atomic E-state index is 12.5. The Morgan fingerprint density at radius 3 is 2.53 bits per heavy atom. The molecule has 0 aromatic carbocycles. The van der Waals surface area contributed by atoms with Crippen molar-refractivity contribution in [2.24, 2.45) is 11.7 Å². The molecule has 17 heavy (non-hydrogen) atoms. The lowest BCUT2D eigenvalue weighted by Gasteiger charge is -2.26. The van der Waals surface area contributed by atoms with Crippen LogP contribution in [0.5, 0.6) is 0 Å². The molecule has 0 radical (unpaired) electrons. The first kappa shape index (κ1) is 14.2. The fraction of sp³-hybridized carbons (Fsp3) is 0.900. The van der Waals surface area contributed by atoms with Crippen molar-refractivity contribution in [2.75, 3.05) is 26.7 Å². The molecule has 1 aliphatic rings. The molecule has 3 N–H and O–H groups in total. The Labute approximate surface area is 98.3 Å². The van der Waals surface area contributed by atoms with Gasteiger partial charge >= 0.3 is 6.18 Å².